The highest BCUT2D eigenvalue weighted by molar-refractivity contribution is 5.45. The Kier molecular flexibility index (Phi) is 5.67. The summed E-state index contributed by atoms with van der Waals surface area (Å²) in [6.45, 7) is 6.14. The number of nitrogens with one attached hydrogen (secondary N) is 1. The maximum atomic E-state index is 8.90. The summed E-state index contributed by atoms with van der Waals surface area (Å²) in [7, 11) is 0. The lowest BCUT2D eigenvalue weighted by Gasteiger charge is -2.32. The average molecular weight is 262 g/mol. The van der Waals surface area contributed by atoms with E-state index in [-0.39, 0.29) is 6.61 Å². The van der Waals surface area contributed by atoms with Crippen LogP contribution in [0.1, 0.15) is 31.7 Å². The minimum Gasteiger partial charge on any atom is -0.396 e. The van der Waals surface area contributed by atoms with E-state index in [1.807, 2.05) is 0 Å². The van der Waals surface area contributed by atoms with Gasteiger partial charge in [0.05, 0.1) is 0 Å². The van der Waals surface area contributed by atoms with E-state index in [2.05, 4.69) is 41.4 Å². The molecule has 0 spiro atoms. The minimum absolute atomic E-state index is 0.225. The van der Waals surface area contributed by atoms with Gasteiger partial charge in [0.2, 0.25) is 0 Å². The highest BCUT2D eigenvalue weighted by atomic mass is 16.2. The minimum atomic E-state index is 0.225. The molecule has 3 nitrogen and oxygen atoms in total. The Morgan fingerprint density at radius 1 is 1.21 bits per heavy atom. The lowest BCUT2D eigenvalue weighted by molar-refractivity contribution is 0.219. The van der Waals surface area contributed by atoms with Gasteiger partial charge in [-0.25, -0.2) is 0 Å². The molecular weight excluding hydrogens is 236 g/mol. The van der Waals surface area contributed by atoms with Crippen molar-refractivity contribution in [3.05, 3.63) is 29.8 Å². The van der Waals surface area contributed by atoms with Crippen LogP contribution in [0.4, 0.5) is 5.69 Å². The molecule has 0 amide bonds. The number of likely N-dealkylation sites (tertiary alicyclic amines) is 1. The Balaban J connectivity index is 1.78. The van der Waals surface area contributed by atoms with Crippen LogP contribution in [0, 0.1) is 0 Å². The monoisotopic (exact) mass is 262 g/mol. The smallest absolute Gasteiger partial charge is 0.0471 e. The molecule has 0 atom stereocenters. The molecule has 0 bridgehead atoms. The number of nitrogens with zero attached hydrogens (tertiary/aromatic N) is 1. The molecule has 1 aliphatic heterocycles. The lowest BCUT2D eigenvalue weighted by Crippen LogP contribution is -2.39. The SMILES string of the molecule is CCCN1CCC(Nc2ccc(CCO)cc2)CC1. The number of rotatable bonds is 6. The van der Waals surface area contributed by atoms with Gasteiger partial charge in [0.25, 0.3) is 0 Å². The van der Waals surface area contributed by atoms with Crippen LogP contribution in [-0.4, -0.2) is 42.3 Å². The molecule has 0 aromatic heterocycles. The van der Waals surface area contributed by atoms with Gasteiger partial charge < -0.3 is 15.3 Å². The maximum Gasteiger partial charge on any atom is 0.0471 e. The van der Waals surface area contributed by atoms with Gasteiger partial charge >= 0.3 is 0 Å². The van der Waals surface area contributed by atoms with Crippen LogP contribution < -0.4 is 5.32 Å². The fourth-order valence-electron chi connectivity index (χ4n) is 2.75. The van der Waals surface area contributed by atoms with Gasteiger partial charge in [-0.3, -0.25) is 0 Å². The van der Waals surface area contributed by atoms with Crippen molar-refractivity contribution >= 4 is 5.69 Å². The summed E-state index contributed by atoms with van der Waals surface area (Å²) in [6.07, 6.45) is 4.47. The summed E-state index contributed by atoms with van der Waals surface area (Å²) < 4.78 is 0. The summed E-state index contributed by atoms with van der Waals surface area (Å²) in [5.41, 5.74) is 2.40. The van der Waals surface area contributed by atoms with Crippen molar-refractivity contribution in [2.45, 2.75) is 38.6 Å². The number of benzene rings is 1. The van der Waals surface area contributed by atoms with Gasteiger partial charge in [-0.2, -0.15) is 0 Å². The van der Waals surface area contributed by atoms with E-state index >= 15 is 0 Å². The fourth-order valence-corrected chi connectivity index (χ4v) is 2.75. The van der Waals surface area contributed by atoms with E-state index in [0.29, 0.717) is 6.04 Å². The highest BCUT2D eigenvalue weighted by Gasteiger charge is 2.17. The topological polar surface area (TPSA) is 35.5 Å². The first kappa shape index (κ1) is 14.4. The number of aliphatic hydroxyl groups is 1. The van der Waals surface area contributed by atoms with Crippen LogP contribution in [0.15, 0.2) is 24.3 Å². The fraction of sp³-hybridized carbons (Fsp3) is 0.625. The highest BCUT2D eigenvalue weighted by Crippen LogP contribution is 2.17. The second-order valence-electron chi connectivity index (χ2n) is 5.43. The summed E-state index contributed by atoms with van der Waals surface area (Å²) in [5, 5.41) is 12.5. The molecule has 106 valence electrons. The van der Waals surface area contributed by atoms with Crippen molar-refractivity contribution in [1.29, 1.82) is 0 Å². The predicted octanol–water partition coefficient (Wildman–Crippen LogP) is 2.51. The van der Waals surface area contributed by atoms with Gasteiger partial charge in [0.1, 0.15) is 0 Å². The van der Waals surface area contributed by atoms with Gasteiger partial charge in [-0.1, -0.05) is 19.1 Å². The van der Waals surface area contributed by atoms with Crippen molar-refractivity contribution < 1.29 is 5.11 Å². The van der Waals surface area contributed by atoms with Gasteiger partial charge in [-0.05, 0) is 49.9 Å². The van der Waals surface area contributed by atoms with Crippen molar-refractivity contribution in [3.63, 3.8) is 0 Å². The Bertz CT molecular complexity index is 356. The molecule has 1 saturated heterocycles. The number of hydrogen-bond acceptors (Lipinski definition) is 3. The van der Waals surface area contributed by atoms with Gasteiger partial charge in [-0.15, -0.1) is 0 Å². The second-order valence-corrected chi connectivity index (χ2v) is 5.43. The molecule has 1 aromatic carbocycles. The largest absolute Gasteiger partial charge is 0.396 e. The lowest BCUT2D eigenvalue weighted by atomic mass is 10.0. The van der Waals surface area contributed by atoms with E-state index in [1.165, 1.54) is 50.1 Å². The number of aliphatic hydroxyl groups excluding tert-OH is 1. The van der Waals surface area contributed by atoms with Crippen LogP contribution in [0.25, 0.3) is 0 Å². The zero-order valence-electron chi connectivity index (χ0n) is 11.9. The Labute approximate surface area is 116 Å². The van der Waals surface area contributed by atoms with Gasteiger partial charge in [0.15, 0.2) is 0 Å². The van der Waals surface area contributed by atoms with E-state index < -0.39 is 0 Å². The van der Waals surface area contributed by atoms with Crippen LogP contribution in [-0.2, 0) is 6.42 Å². The van der Waals surface area contributed by atoms with E-state index in [4.69, 9.17) is 5.11 Å². The standard InChI is InChI=1S/C16H26N2O/c1-2-10-18-11-7-16(8-12-18)17-15-5-3-14(4-6-15)9-13-19/h3-6,16-17,19H,2,7-13H2,1H3. The van der Waals surface area contributed by atoms with Crippen molar-refractivity contribution in [1.82, 2.24) is 4.90 Å². The summed E-state index contributed by atoms with van der Waals surface area (Å²) >= 11 is 0. The molecule has 1 aromatic rings. The molecule has 2 rings (SSSR count). The van der Waals surface area contributed by atoms with Crippen molar-refractivity contribution in [3.8, 4) is 0 Å². The molecule has 0 unspecified atom stereocenters. The van der Waals surface area contributed by atoms with Crippen LogP contribution in [0.2, 0.25) is 0 Å². The quantitative estimate of drug-likeness (QED) is 0.827. The molecule has 0 radical (unpaired) electrons. The average Bonchev–Trinajstić information content (AvgIpc) is 2.44. The van der Waals surface area contributed by atoms with Crippen molar-refractivity contribution in [2.24, 2.45) is 0 Å². The molecule has 19 heavy (non-hydrogen) atoms. The number of piperidine rings is 1. The van der Waals surface area contributed by atoms with Crippen LogP contribution in [0.3, 0.4) is 0 Å². The molecule has 3 heteroatoms. The molecular formula is C16H26N2O. The third-order valence-electron chi connectivity index (χ3n) is 3.85. The Morgan fingerprint density at radius 2 is 1.89 bits per heavy atom. The molecule has 2 N–H and O–H groups in total. The second kappa shape index (κ2) is 7.51. The summed E-state index contributed by atoms with van der Waals surface area (Å²) in [6, 6.07) is 9.07. The van der Waals surface area contributed by atoms with Gasteiger partial charge in [0, 0.05) is 31.4 Å². The third-order valence-corrected chi connectivity index (χ3v) is 3.85. The molecule has 1 heterocycles. The Morgan fingerprint density at radius 3 is 2.47 bits per heavy atom. The first-order chi connectivity index (χ1) is 9.31. The normalized spacial score (nSPS) is 17.6. The number of hydrogen-bond donors (Lipinski definition) is 2. The summed E-state index contributed by atoms with van der Waals surface area (Å²) in [4.78, 5) is 2.56. The molecule has 1 fully saturated rings. The first-order valence-corrected chi connectivity index (χ1v) is 7.50. The summed E-state index contributed by atoms with van der Waals surface area (Å²) in [5.74, 6) is 0. The molecule has 0 saturated carbocycles. The van der Waals surface area contributed by atoms with E-state index in [0.717, 1.165) is 6.42 Å². The zero-order chi connectivity index (χ0) is 13.5. The number of anilines is 1. The Hall–Kier alpha value is -1.06. The maximum absolute atomic E-state index is 8.90. The first-order valence-electron chi connectivity index (χ1n) is 7.50. The zero-order valence-corrected chi connectivity index (χ0v) is 11.9. The van der Waals surface area contributed by atoms with Crippen molar-refractivity contribution in [2.75, 3.05) is 31.6 Å². The molecule has 0 aliphatic carbocycles. The van der Waals surface area contributed by atoms with E-state index in [9.17, 15) is 0 Å². The van der Waals surface area contributed by atoms with E-state index in [1.54, 1.807) is 0 Å². The predicted molar refractivity (Wildman–Crippen MR) is 80.6 cm³/mol. The molecule has 1 aliphatic rings. The van der Waals surface area contributed by atoms with Crippen LogP contribution in [0.5, 0.6) is 0 Å². The third kappa shape index (κ3) is 4.51. The van der Waals surface area contributed by atoms with Crippen LogP contribution >= 0.6 is 0 Å².